The monoisotopic (exact) mass is 478 g/mol. The van der Waals surface area contributed by atoms with Crippen molar-refractivity contribution < 1.29 is 24.2 Å². The molecule has 2 amide bonds. The fourth-order valence-electron chi connectivity index (χ4n) is 5.24. The fourth-order valence-corrected chi connectivity index (χ4v) is 5.24. The molecule has 7 nitrogen and oxygen atoms in total. The van der Waals surface area contributed by atoms with Gasteiger partial charge in [-0.15, -0.1) is 0 Å². The van der Waals surface area contributed by atoms with Gasteiger partial charge in [-0.3, -0.25) is 4.79 Å². The highest BCUT2D eigenvalue weighted by Gasteiger charge is 2.33. The number of carbonyl (C=O) groups excluding carboxylic acids is 2. The number of aliphatic carboxylic acids is 1. The topological polar surface area (TPSA) is 95.9 Å². The molecule has 0 bridgehead atoms. The van der Waals surface area contributed by atoms with Crippen LogP contribution in [0.4, 0.5) is 4.79 Å². The van der Waals surface area contributed by atoms with Crippen LogP contribution in [-0.2, 0) is 14.3 Å². The molecule has 1 saturated heterocycles. The molecule has 0 spiro atoms. The highest BCUT2D eigenvalue weighted by molar-refractivity contribution is 5.84. The van der Waals surface area contributed by atoms with Crippen LogP contribution in [0.5, 0.6) is 0 Å². The van der Waals surface area contributed by atoms with Gasteiger partial charge in [-0.25, -0.2) is 9.59 Å². The van der Waals surface area contributed by atoms with Crippen LogP contribution >= 0.6 is 0 Å². The summed E-state index contributed by atoms with van der Waals surface area (Å²) in [5.41, 5.74) is 4.81. The lowest BCUT2D eigenvalue weighted by molar-refractivity contribution is -0.148. The number of likely N-dealkylation sites (tertiary alicyclic amines) is 1. The molecular weight excluding hydrogens is 444 g/mol. The highest BCUT2D eigenvalue weighted by atomic mass is 16.5. The maximum atomic E-state index is 12.3. The van der Waals surface area contributed by atoms with Crippen molar-refractivity contribution in [1.82, 2.24) is 10.2 Å². The van der Waals surface area contributed by atoms with Crippen LogP contribution in [0.3, 0.4) is 0 Å². The van der Waals surface area contributed by atoms with Crippen molar-refractivity contribution in [3.63, 3.8) is 0 Å². The van der Waals surface area contributed by atoms with E-state index in [-0.39, 0.29) is 11.8 Å². The molecule has 35 heavy (non-hydrogen) atoms. The summed E-state index contributed by atoms with van der Waals surface area (Å²) in [5, 5.41) is 12.0. The molecule has 2 aromatic rings. The number of nitrogens with one attached hydrogen (secondary N) is 1. The van der Waals surface area contributed by atoms with Gasteiger partial charge in [-0.1, -0.05) is 67.8 Å². The summed E-state index contributed by atoms with van der Waals surface area (Å²) in [4.78, 5) is 37.2. The summed E-state index contributed by atoms with van der Waals surface area (Å²) in [6.45, 7) is 1.43. The Bertz CT molecular complexity index is 1010. The second-order valence-electron chi connectivity index (χ2n) is 9.35. The molecule has 1 aliphatic carbocycles. The number of ether oxygens (including phenoxy) is 1. The second kappa shape index (κ2) is 11.9. The summed E-state index contributed by atoms with van der Waals surface area (Å²) >= 11 is 0. The van der Waals surface area contributed by atoms with Crippen molar-refractivity contribution in [3.8, 4) is 11.1 Å². The number of unbranched alkanes of at least 4 members (excludes halogenated alkanes) is 4. The standard InChI is InChI=1S/C28H34N2O5/c31-26(30-18-10-15-25(30)27(32)33)16-4-2-1-3-9-17-29-28(34)35-19-24-22-13-7-5-11-20(22)21-12-6-8-14-23(21)24/h5-8,11-14,24-25H,1-4,9-10,15-19H2,(H,29,34)(H,32,33)/t25-/m1/s1. The Morgan fingerprint density at radius 3 is 2.23 bits per heavy atom. The first-order chi connectivity index (χ1) is 17.1. The zero-order chi connectivity index (χ0) is 24.6. The fraction of sp³-hybridized carbons (Fsp3) is 0.464. The van der Waals surface area contributed by atoms with Gasteiger partial charge in [0.15, 0.2) is 0 Å². The number of benzene rings is 2. The number of carbonyl (C=O) groups is 3. The van der Waals surface area contributed by atoms with Crippen LogP contribution < -0.4 is 5.32 Å². The van der Waals surface area contributed by atoms with E-state index in [1.54, 1.807) is 0 Å². The number of carboxylic acid groups (broad SMARTS) is 1. The Balaban J connectivity index is 1.08. The third kappa shape index (κ3) is 6.02. The Labute approximate surface area is 206 Å². The molecule has 1 aliphatic heterocycles. The maximum absolute atomic E-state index is 12.3. The van der Waals surface area contributed by atoms with Crippen molar-refractivity contribution in [1.29, 1.82) is 0 Å². The van der Waals surface area contributed by atoms with Gasteiger partial charge in [0.25, 0.3) is 0 Å². The molecule has 7 heteroatoms. The molecular formula is C28H34N2O5. The number of alkyl carbamates (subject to hydrolysis) is 1. The summed E-state index contributed by atoms with van der Waals surface area (Å²) in [6, 6.07) is 15.9. The van der Waals surface area contributed by atoms with E-state index in [1.165, 1.54) is 27.2 Å². The molecule has 0 unspecified atom stereocenters. The zero-order valence-corrected chi connectivity index (χ0v) is 20.1. The van der Waals surface area contributed by atoms with Crippen LogP contribution in [0.15, 0.2) is 48.5 Å². The van der Waals surface area contributed by atoms with E-state index in [0.29, 0.717) is 32.5 Å². The molecule has 0 radical (unpaired) electrons. The van der Waals surface area contributed by atoms with E-state index in [1.807, 2.05) is 24.3 Å². The smallest absolute Gasteiger partial charge is 0.407 e. The van der Waals surface area contributed by atoms with Gasteiger partial charge in [-0.05, 0) is 47.9 Å². The first-order valence-electron chi connectivity index (χ1n) is 12.7. The molecule has 1 atom stereocenters. The normalized spacial score (nSPS) is 16.6. The van der Waals surface area contributed by atoms with E-state index in [9.17, 15) is 19.5 Å². The third-order valence-corrected chi connectivity index (χ3v) is 7.04. The summed E-state index contributed by atoms with van der Waals surface area (Å²) in [5.74, 6) is -0.895. The van der Waals surface area contributed by atoms with Crippen molar-refractivity contribution in [2.45, 2.75) is 63.3 Å². The maximum Gasteiger partial charge on any atom is 0.407 e. The number of carboxylic acids is 1. The lowest BCUT2D eigenvalue weighted by atomic mass is 9.98. The molecule has 0 aromatic heterocycles. The first kappa shape index (κ1) is 24.8. The van der Waals surface area contributed by atoms with Crippen molar-refractivity contribution in [2.75, 3.05) is 19.7 Å². The van der Waals surface area contributed by atoms with Crippen LogP contribution in [0.1, 0.15) is 68.4 Å². The Kier molecular flexibility index (Phi) is 8.40. The van der Waals surface area contributed by atoms with E-state index in [4.69, 9.17) is 4.74 Å². The molecule has 4 rings (SSSR count). The number of rotatable bonds is 11. The Morgan fingerprint density at radius 1 is 0.914 bits per heavy atom. The average Bonchev–Trinajstić information content (AvgIpc) is 3.48. The lowest BCUT2D eigenvalue weighted by Gasteiger charge is -2.21. The van der Waals surface area contributed by atoms with Crippen LogP contribution in [0.2, 0.25) is 0 Å². The van der Waals surface area contributed by atoms with Crippen LogP contribution in [-0.4, -0.2) is 53.7 Å². The van der Waals surface area contributed by atoms with E-state index >= 15 is 0 Å². The summed E-state index contributed by atoms with van der Waals surface area (Å²) in [6.07, 6.45) is 5.80. The number of amides is 2. The van der Waals surface area contributed by atoms with Gasteiger partial charge < -0.3 is 20.1 Å². The minimum atomic E-state index is -0.903. The SMILES string of the molecule is O=C(NCCCCCCCC(=O)N1CCC[C@@H]1C(=O)O)OCC1c2ccccc2-c2ccccc21. The minimum Gasteiger partial charge on any atom is -0.480 e. The largest absolute Gasteiger partial charge is 0.480 e. The lowest BCUT2D eigenvalue weighted by Crippen LogP contribution is -2.40. The third-order valence-electron chi connectivity index (χ3n) is 7.04. The van der Waals surface area contributed by atoms with Gasteiger partial charge in [0, 0.05) is 25.4 Å². The molecule has 2 N–H and O–H groups in total. The van der Waals surface area contributed by atoms with E-state index in [0.717, 1.165) is 38.5 Å². The molecule has 0 saturated carbocycles. The van der Waals surface area contributed by atoms with Crippen LogP contribution in [0, 0.1) is 0 Å². The van der Waals surface area contributed by atoms with Crippen molar-refractivity contribution in [2.24, 2.45) is 0 Å². The minimum absolute atomic E-state index is 0.0492. The zero-order valence-electron chi connectivity index (χ0n) is 20.1. The average molecular weight is 479 g/mol. The molecule has 2 aromatic carbocycles. The number of hydrogen-bond donors (Lipinski definition) is 2. The Morgan fingerprint density at radius 2 is 1.54 bits per heavy atom. The predicted molar refractivity (Wildman–Crippen MR) is 133 cm³/mol. The predicted octanol–water partition coefficient (Wildman–Crippen LogP) is 4.94. The van der Waals surface area contributed by atoms with E-state index in [2.05, 4.69) is 29.6 Å². The molecule has 186 valence electrons. The van der Waals surface area contributed by atoms with E-state index < -0.39 is 18.1 Å². The number of hydrogen-bond acceptors (Lipinski definition) is 4. The molecule has 1 heterocycles. The van der Waals surface area contributed by atoms with Gasteiger partial charge >= 0.3 is 12.1 Å². The first-order valence-corrected chi connectivity index (χ1v) is 12.7. The summed E-state index contributed by atoms with van der Waals surface area (Å²) < 4.78 is 5.55. The van der Waals surface area contributed by atoms with Gasteiger partial charge in [0.2, 0.25) is 5.91 Å². The highest BCUT2D eigenvalue weighted by Crippen LogP contribution is 2.44. The summed E-state index contributed by atoms with van der Waals surface area (Å²) in [7, 11) is 0. The molecule has 1 fully saturated rings. The quantitative estimate of drug-likeness (QED) is 0.446. The second-order valence-corrected chi connectivity index (χ2v) is 9.35. The van der Waals surface area contributed by atoms with Crippen molar-refractivity contribution in [3.05, 3.63) is 59.7 Å². The number of fused-ring (bicyclic) bond motifs is 3. The Hall–Kier alpha value is -3.35. The van der Waals surface area contributed by atoms with Gasteiger partial charge in [0.1, 0.15) is 12.6 Å². The van der Waals surface area contributed by atoms with Gasteiger partial charge in [0.05, 0.1) is 0 Å². The number of nitrogens with zero attached hydrogens (tertiary/aromatic N) is 1. The van der Waals surface area contributed by atoms with Crippen LogP contribution in [0.25, 0.3) is 11.1 Å². The van der Waals surface area contributed by atoms with Crippen molar-refractivity contribution >= 4 is 18.0 Å². The van der Waals surface area contributed by atoms with Gasteiger partial charge in [-0.2, -0.15) is 0 Å². The molecule has 2 aliphatic rings.